The molecule has 0 unspecified atom stereocenters. The number of rotatable bonds is 4. The fourth-order valence-corrected chi connectivity index (χ4v) is 1.57. The number of aryl methyl sites for hydroxylation is 1. The molecule has 0 amide bonds. The summed E-state index contributed by atoms with van der Waals surface area (Å²) in [7, 11) is 0. The van der Waals surface area contributed by atoms with Gasteiger partial charge in [0.2, 0.25) is 17.5 Å². The Hall–Kier alpha value is -2.68. The highest BCUT2D eigenvalue weighted by molar-refractivity contribution is 5.40. The van der Waals surface area contributed by atoms with E-state index in [9.17, 15) is 0 Å². The van der Waals surface area contributed by atoms with Crippen molar-refractivity contribution >= 4 is 0 Å². The first-order chi connectivity index (χ1) is 9.74. The lowest BCUT2D eigenvalue weighted by atomic mass is 10.4. The first kappa shape index (κ1) is 12.4. The summed E-state index contributed by atoms with van der Waals surface area (Å²) in [6, 6.07) is 0. The molecule has 9 nitrogen and oxygen atoms in total. The minimum absolute atomic E-state index is 0.325. The Morgan fingerprint density at radius 3 is 2.75 bits per heavy atom. The molecule has 0 aliphatic heterocycles. The van der Waals surface area contributed by atoms with Crippen LogP contribution in [-0.2, 0) is 13.1 Å². The molecule has 9 heteroatoms. The van der Waals surface area contributed by atoms with Gasteiger partial charge >= 0.3 is 0 Å². The molecule has 3 rings (SSSR count). The summed E-state index contributed by atoms with van der Waals surface area (Å²) >= 11 is 0. The van der Waals surface area contributed by atoms with Crippen molar-refractivity contribution in [3.05, 3.63) is 35.7 Å². The molecule has 3 heterocycles. The smallest absolute Gasteiger partial charge is 0.248 e. The molecule has 0 radical (unpaired) electrons. The molecule has 3 aromatic heterocycles. The van der Waals surface area contributed by atoms with E-state index in [1.165, 1.54) is 0 Å². The van der Waals surface area contributed by atoms with Crippen LogP contribution in [0.3, 0.4) is 0 Å². The van der Waals surface area contributed by atoms with E-state index in [0.29, 0.717) is 36.3 Å². The van der Waals surface area contributed by atoms with E-state index in [4.69, 9.17) is 10.3 Å². The third-order valence-electron chi connectivity index (χ3n) is 2.54. The molecular formula is C11H12N8O. The number of nitrogens with zero attached hydrogens (tertiary/aromatic N) is 7. The molecule has 0 aliphatic carbocycles. The van der Waals surface area contributed by atoms with E-state index in [2.05, 4.69) is 30.4 Å². The van der Waals surface area contributed by atoms with Crippen LogP contribution < -0.4 is 5.73 Å². The Morgan fingerprint density at radius 1 is 1.25 bits per heavy atom. The number of hydrogen-bond donors (Lipinski definition) is 1. The fraction of sp³-hybridized carbons (Fsp3) is 0.273. The van der Waals surface area contributed by atoms with E-state index in [-0.39, 0.29) is 0 Å². The molecule has 0 atom stereocenters. The molecule has 20 heavy (non-hydrogen) atoms. The van der Waals surface area contributed by atoms with Gasteiger partial charge in [0.1, 0.15) is 6.54 Å². The van der Waals surface area contributed by atoms with Crippen LogP contribution in [0.15, 0.2) is 23.1 Å². The third kappa shape index (κ3) is 2.52. The van der Waals surface area contributed by atoms with Crippen molar-refractivity contribution in [2.75, 3.05) is 0 Å². The number of aromatic nitrogens is 7. The minimum Gasteiger partial charge on any atom is -0.337 e. The van der Waals surface area contributed by atoms with Crippen molar-refractivity contribution < 1.29 is 4.52 Å². The Balaban J connectivity index is 1.78. The molecule has 3 aromatic rings. The van der Waals surface area contributed by atoms with Crippen molar-refractivity contribution in [1.29, 1.82) is 0 Å². The quantitative estimate of drug-likeness (QED) is 0.700. The summed E-state index contributed by atoms with van der Waals surface area (Å²) in [4.78, 5) is 12.5. The predicted molar refractivity (Wildman–Crippen MR) is 67.1 cm³/mol. The topological polar surface area (TPSA) is 121 Å². The van der Waals surface area contributed by atoms with Crippen LogP contribution in [0.5, 0.6) is 0 Å². The molecule has 0 fully saturated rings. The van der Waals surface area contributed by atoms with Gasteiger partial charge in [-0.1, -0.05) is 10.4 Å². The predicted octanol–water partition coefficient (Wildman–Crippen LogP) is -0.0665. The maximum Gasteiger partial charge on any atom is 0.248 e. The average molecular weight is 272 g/mol. The Morgan fingerprint density at radius 2 is 2.05 bits per heavy atom. The first-order valence-electron chi connectivity index (χ1n) is 5.95. The zero-order valence-electron chi connectivity index (χ0n) is 10.8. The molecule has 0 saturated heterocycles. The van der Waals surface area contributed by atoms with Crippen LogP contribution in [-0.4, -0.2) is 35.1 Å². The Kier molecular flexibility index (Phi) is 3.17. The average Bonchev–Trinajstić information content (AvgIpc) is 3.09. The summed E-state index contributed by atoms with van der Waals surface area (Å²) in [5, 5.41) is 11.6. The van der Waals surface area contributed by atoms with E-state index in [1.807, 2.05) is 6.92 Å². The number of hydrogen-bond acceptors (Lipinski definition) is 8. The van der Waals surface area contributed by atoms with Gasteiger partial charge in [-0.05, 0) is 12.5 Å². The minimum atomic E-state index is 0.325. The SMILES string of the molecule is Cc1cnc(-c2noc(Cn3cc(CN)nn3)n2)nc1. The molecule has 0 spiro atoms. The highest BCUT2D eigenvalue weighted by atomic mass is 16.5. The van der Waals surface area contributed by atoms with E-state index >= 15 is 0 Å². The van der Waals surface area contributed by atoms with Gasteiger partial charge < -0.3 is 10.3 Å². The van der Waals surface area contributed by atoms with E-state index in [0.717, 1.165) is 5.56 Å². The van der Waals surface area contributed by atoms with Crippen molar-refractivity contribution in [3.8, 4) is 11.6 Å². The lowest BCUT2D eigenvalue weighted by Gasteiger charge is -1.93. The van der Waals surface area contributed by atoms with Crippen LogP contribution in [0.2, 0.25) is 0 Å². The van der Waals surface area contributed by atoms with E-state index in [1.54, 1.807) is 23.3 Å². The van der Waals surface area contributed by atoms with Crippen LogP contribution in [0.25, 0.3) is 11.6 Å². The highest BCUT2D eigenvalue weighted by Crippen LogP contribution is 2.10. The third-order valence-corrected chi connectivity index (χ3v) is 2.54. The molecule has 102 valence electrons. The molecule has 0 bridgehead atoms. The first-order valence-corrected chi connectivity index (χ1v) is 5.95. The van der Waals surface area contributed by atoms with E-state index < -0.39 is 0 Å². The Bertz CT molecular complexity index is 701. The van der Waals surface area contributed by atoms with Gasteiger partial charge in [-0.2, -0.15) is 4.98 Å². The van der Waals surface area contributed by atoms with Crippen molar-refractivity contribution in [2.24, 2.45) is 5.73 Å². The normalized spacial score (nSPS) is 10.9. The molecule has 0 aliphatic rings. The van der Waals surface area contributed by atoms with Crippen LogP contribution >= 0.6 is 0 Å². The van der Waals surface area contributed by atoms with Gasteiger partial charge in [0.05, 0.1) is 11.9 Å². The zero-order valence-corrected chi connectivity index (χ0v) is 10.8. The molecule has 0 saturated carbocycles. The Labute approximate surface area is 113 Å². The largest absolute Gasteiger partial charge is 0.337 e. The summed E-state index contributed by atoms with van der Waals surface area (Å²) in [5.74, 6) is 1.17. The maximum atomic E-state index is 5.47. The van der Waals surface area contributed by atoms with Gasteiger partial charge in [-0.25, -0.2) is 14.6 Å². The molecule has 2 N–H and O–H groups in total. The van der Waals surface area contributed by atoms with Crippen molar-refractivity contribution in [3.63, 3.8) is 0 Å². The second-order valence-corrected chi connectivity index (χ2v) is 4.21. The van der Waals surface area contributed by atoms with Crippen LogP contribution in [0, 0.1) is 6.92 Å². The van der Waals surface area contributed by atoms with Crippen molar-refractivity contribution in [1.82, 2.24) is 35.1 Å². The monoisotopic (exact) mass is 272 g/mol. The summed E-state index contributed by atoms with van der Waals surface area (Å²) in [6.07, 6.45) is 5.12. The second-order valence-electron chi connectivity index (χ2n) is 4.21. The van der Waals surface area contributed by atoms with Crippen molar-refractivity contribution in [2.45, 2.75) is 20.0 Å². The maximum absolute atomic E-state index is 5.47. The van der Waals surface area contributed by atoms with Gasteiger partial charge in [0.15, 0.2) is 0 Å². The van der Waals surface area contributed by atoms with Gasteiger partial charge in [-0.15, -0.1) is 5.10 Å². The molecular weight excluding hydrogens is 260 g/mol. The van der Waals surface area contributed by atoms with Gasteiger partial charge in [0.25, 0.3) is 0 Å². The van der Waals surface area contributed by atoms with Gasteiger partial charge in [0, 0.05) is 18.9 Å². The van der Waals surface area contributed by atoms with Crippen LogP contribution in [0.1, 0.15) is 17.1 Å². The standard InChI is InChI=1S/C11H12N8O/c1-7-3-13-10(14-4-7)11-15-9(20-17-11)6-19-5-8(2-12)16-18-19/h3-5H,2,6,12H2,1H3. The summed E-state index contributed by atoms with van der Waals surface area (Å²) in [5.41, 5.74) is 7.13. The lowest BCUT2D eigenvalue weighted by Crippen LogP contribution is -2.01. The zero-order chi connectivity index (χ0) is 13.9. The van der Waals surface area contributed by atoms with Crippen LogP contribution in [0.4, 0.5) is 0 Å². The van der Waals surface area contributed by atoms with Gasteiger partial charge in [-0.3, -0.25) is 0 Å². The fourth-order valence-electron chi connectivity index (χ4n) is 1.57. The lowest BCUT2D eigenvalue weighted by molar-refractivity contribution is 0.364. The number of nitrogens with two attached hydrogens (primary N) is 1. The summed E-state index contributed by atoms with van der Waals surface area (Å²) in [6.45, 7) is 2.57. The highest BCUT2D eigenvalue weighted by Gasteiger charge is 2.12. The summed E-state index contributed by atoms with van der Waals surface area (Å²) < 4.78 is 6.71. The molecule has 0 aromatic carbocycles. The second kappa shape index (κ2) is 5.13.